The molecule has 0 amide bonds. The summed E-state index contributed by atoms with van der Waals surface area (Å²) in [6, 6.07) is 0. The van der Waals surface area contributed by atoms with Crippen molar-refractivity contribution < 1.29 is 9.90 Å². The zero-order valence-corrected chi connectivity index (χ0v) is 13.8. The number of aliphatic hydroxyl groups excluding tert-OH is 1. The van der Waals surface area contributed by atoms with Crippen molar-refractivity contribution in [3.63, 3.8) is 0 Å². The first-order valence-electron chi connectivity index (χ1n) is 9.19. The van der Waals surface area contributed by atoms with Crippen LogP contribution in [0.25, 0.3) is 0 Å². The lowest BCUT2D eigenvalue weighted by Crippen LogP contribution is -2.37. The van der Waals surface area contributed by atoms with Crippen LogP contribution in [0.4, 0.5) is 0 Å². The number of ketones is 1. The molecule has 2 nitrogen and oxygen atoms in total. The second-order valence-electron chi connectivity index (χ2n) is 8.57. The number of aliphatic hydroxyl groups is 1. The second kappa shape index (κ2) is 6.02. The molecule has 0 unspecified atom stereocenters. The van der Waals surface area contributed by atoms with Gasteiger partial charge in [-0.2, -0.15) is 0 Å². The number of hydrogen-bond donors (Lipinski definition) is 1. The molecule has 0 aliphatic heterocycles. The average molecular weight is 292 g/mol. The van der Waals surface area contributed by atoms with Crippen LogP contribution in [0.15, 0.2) is 0 Å². The zero-order chi connectivity index (χ0) is 15.0. The van der Waals surface area contributed by atoms with Crippen LogP contribution in [0.2, 0.25) is 0 Å². The van der Waals surface area contributed by atoms with Gasteiger partial charge in [-0.1, -0.05) is 13.8 Å². The molecule has 3 saturated carbocycles. The Morgan fingerprint density at radius 3 is 2.71 bits per heavy atom. The van der Waals surface area contributed by atoms with Gasteiger partial charge in [-0.3, -0.25) is 4.79 Å². The monoisotopic (exact) mass is 292 g/mol. The summed E-state index contributed by atoms with van der Waals surface area (Å²) in [6.07, 6.45) is 11.2. The molecule has 3 rings (SSSR count). The number of fused-ring (bicyclic) bond motifs is 1. The molecule has 21 heavy (non-hydrogen) atoms. The summed E-state index contributed by atoms with van der Waals surface area (Å²) in [5, 5.41) is 9.93. The first-order valence-corrected chi connectivity index (χ1v) is 9.19. The highest BCUT2D eigenvalue weighted by atomic mass is 16.3. The fourth-order valence-corrected chi connectivity index (χ4v) is 5.44. The summed E-state index contributed by atoms with van der Waals surface area (Å²) in [5.74, 6) is 3.71. The molecule has 1 N–H and O–H groups in total. The van der Waals surface area contributed by atoms with E-state index in [1.54, 1.807) is 0 Å². The highest BCUT2D eigenvalue weighted by Gasteiger charge is 2.41. The molecule has 3 aliphatic carbocycles. The van der Waals surface area contributed by atoms with E-state index in [0.29, 0.717) is 5.78 Å². The van der Waals surface area contributed by atoms with Crippen LogP contribution in [0.5, 0.6) is 0 Å². The Hall–Kier alpha value is -0.370. The molecule has 0 saturated heterocycles. The molecule has 0 bridgehead atoms. The highest BCUT2D eigenvalue weighted by Crippen LogP contribution is 2.48. The average Bonchev–Trinajstić information content (AvgIpc) is 2.77. The Balaban J connectivity index is 1.56. The maximum atomic E-state index is 12.1. The Morgan fingerprint density at radius 2 is 2.00 bits per heavy atom. The summed E-state index contributed by atoms with van der Waals surface area (Å²) in [7, 11) is 0. The van der Waals surface area contributed by atoms with Crippen LogP contribution in [0.1, 0.15) is 78.1 Å². The number of carbonyl (C=O) groups is 1. The molecular formula is C19H32O2. The highest BCUT2D eigenvalue weighted by molar-refractivity contribution is 5.86. The van der Waals surface area contributed by atoms with Gasteiger partial charge in [0.15, 0.2) is 0 Å². The van der Waals surface area contributed by atoms with Crippen LogP contribution >= 0.6 is 0 Å². The molecule has 3 fully saturated rings. The minimum absolute atomic E-state index is 0.0113. The normalized spacial score (nSPS) is 47.4. The van der Waals surface area contributed by atoms with Crippen molar-refractivity contribution in [3.8, 4) is 0 Å². The molecule has 6 atom stereocenters. The summed E-state index contributed by atoms with van der Waals surface area (Å²) in [4.78, 5) is 12.1. The van der Waals surface area contributed by atoms with E-state index in [-0.39, 0.29) is 11.5 Å². The molecule has 0 spiro atoms. The molecule has 0 aromatic rings. The predicted molar refractivity (Wildman–Crippen MR) is 84.9 cm³/mol. The molecule has 0 heterocycles. The van der Waals surface area contributed by atoms with Crippen LogP contribution in [0, 0.1) is 29.1 Å². The first-order chi connectivity index (χ1) is 9.98. The standard InChI is InChI=1S/C19H32O2/c1-13-10-15-5-6-17(20)12-16(15)11-14(13)7-9-19(2)8-3-4-18(19)21/h13-17,20H,3-12H2,1-2H3/t13-,14-,15+,16-,17+,19-/m0/s1. The van der Waals surface area contributed by atoms with Gasteiger partial charge < -0.3 is 5.11 Å². The van der Waals surface area contributed by atoms with Crippen LogP contribution < -0.4 is 0 Å². The largest absolute Gasteiger partial charge is 0.393 e. The molecule has 3 aliphatic rings. The van der Waals surface area contributed by atoms with E-state index in [9.17, 15) is 9.90 Å². The molecule has 0 radical (unpaired) electrons. The molecule has 0 aromatic carbocycles. The number of hydrogen-bond acceptors (Lipinski definition) is 2. The summed E-state index contributed by atoms with van der Waals surface area (Å²) >= 11 is 0. The van der Waals surface area contributed by atoms with Gasteiger partial charge in [-0.25, -0.2) is 0 Å². The molecule has 2 heteroatoms. The van der Waals surface area contributed by atoms with E-state index < -0.39 is 0 Å². The lowest BCUT2D eigenvalue weighted by atomic mass is 9.62. The zero-order valence-electron chi connectivity index (χ0n) is 13.8. The van der Waals surface area contributed by atoms with Crippen molar-refractivity contribution in [2.24, 2.45) is 29.1 Å². The van der Waals surface area contributed by atoms with E-state index in [1.165, 1.54) is 25.7 Å². The van der Waals surface area contributed by atoms with Crippen molar-refractivity contribution in [1.82, 2.24) is 0 Å². The summed E-state index contributed by atoms with van der Waals surface area (Å²) < 4.78 is 0. The Morgan fingerprint density at radius 1 is 1.19 bits per heavy atom. The van der Waals surface area contributed by atoms with Gasteiger partial charge >= 0.3 is 0 Å². The number of rotatable bonds is 3. The topological polar surface area (TPSA) is 37.3 Å². The third-order valence-electron chi connectivity index (χ3n) is 7.07. The van der Waals surface area contributed by atoms with Crippen molar-refractivity contribution >= 4 is 5.78 Å². The predicted octanol–water partition coefficient (Wildman–Crippen LogP) is 4.35. The van der Waals surface area contributed by atoms with E-state index in [1.807, 2.05) is 0 Å². The number of carbonyl (C=O) groups excluding carboxylic acids is 1. The van der Waals surface area contributed by atoms with E-state index in [0.717, 1.165) is 62.2 Å². The lowest BCUT2D eigenvalue weighted by Gasteiger charge is -2.44. The fraction of sp³-hybridized carbons (Fsp3) is 0.947. The Kier molecular flexibility index (Phi) is 4.45. The quantitative estimate of drug-likeness (QED) is 0.839. The van der Waals surface area contributed by atoms with E-state index in [4.69, 9.17) is 0 Å². The van der Waals surface area contributed by atoms with Crippen molar-refractivity contribution in [2.45, 2.75) is 84.2 Å². The molecule has 120 valence electrons. The number of Topliss-reactive ketones (excluding diaryl/α,β-unsaturated/α-hetero) is 1. The van der Waals surface area contributed by atoms with Crippen molar-refractivity contribution in [3.05, 3.63) is 0 Å². The molecule has 0 aromatic heterocycles. The van der Waals surface area contributed by atoms with Gasteiger partial charge in [0.1, 0.15) is 5.78 Å². The smallest absolute Gasteiger partial charge is 0.138 e. The van der Waals surface area contributed by atoms with Gasteiger partial charge in [0, 0.05) is 11.8 Å². The van der Waals surface area contributed by atoms with Gasteiger partial charge in [0.25, 0.3) is 0 Å². The molecular weight excluding hydrogens is 260 g/mol. The lowest BCUT2D eigenvalue weighted by molar-refractivity contribution is -0.125. The fourth-order valence-electron chi connectivity index (χ4n) is 5.44. The minimum atomic E-state index is -0.0470. The van der Waals surface area contributed by atoms with E-state index >= 15 is 0 Å². The van der Waals surface area contributed by atoms with Crippen molar-refractivity contribution in [1.29, 1.82) is 0 Å². The minimum Gasteiger partial charge on any atom is -0.393 e. The second-order valence-corrected chi connectivity index (χ2v) is 8.57. The summed E-state index contributed by atoms with van der Waals surface area (Å²) in [5.41, 5.74) is -0.0113. The Labute approximate surface area is 129 Å². The van der Waals surface area contributed by atoms with Crippen LogP contribution in [0.3, 0.4) is 0 Å². The summed E-state index contributed by atoms with van der Waals surface area (Å²) in [6.45, 7) is 4.62. The SMILES string of the molecule is C[C@H]1C[C@H]2CC[C@@H](O)C[C@@H]2C[C@@H]1CC[C@]1(C)CCCC1=O. The first kappa shape index (κ1) is 15.5. The van der Waals surface area contributed by atoms with Crippen molar-refractivity contribution in [2.75, 3.05) is 0 Å². The third-order valence-corrected chi connectivity index (χ3v) is 7.07. The van der Waals surface area contributed by atoms with Gasteiger partial charge in [-0.15, -0.1) is 0 Å². The maximum absolute atomic E-state index is 12.1. The maximum Gasteiger partial charge on any atom is 0.138 e. The van der Waals surface area contributed by atoms with Gasteiger partial charge in [0.05, 0.1) is 6.10 Å². The van der Waals surface area contributed by atoms with Gasteiger partial charge in [-0.05, 0) is 81.5 Å². The van der Waals surface area contributed by atoms with Gasteiger partial charge in [0.2, 0.25) is 0 Å². The third kappa shape index (κ3) is 3.21. The van der Waals surface area contributed by atoms with Crippen LogP contribution in [-0.2, 0) is 4.79 Å². The Bertz CT molecular complexity index is 391. The van der Waals surface area contributed by atoms with Crippen LogP contribution in [-0.4, -0.2) is 17.0 Å². The van der Waals surface area contributed by atoms with E-state index in [2.05, 4.69) is 13.8 Å².